The van der Waals surface area contributed by atoms with Gasteiger partial charge in [0.1, 0.15) is 5.75 Å². The van der Waals surface area contributed by atoms with Gasteiger partial charge >= 0.3 is 0 Å². The molecule has 0 saturated carbocycles. The zero-order valence-electron chi connectivity index (χ0n) is 9.81. The number of nitrogens with one attached hydrogen (secondary N) is 1. The van der Waals surface area contributed by atoms with E-state index in [2.05, 4.69) is 51.0 Å². The van der Waals surface area contributed by atoms with E-state index in [-0.39, 0.29) is 0 Å². The van der Waals surface area contributed by atoms with Gasteiger partial charge in [0.25, 0.3) is 0 Å². The second-order valence-corrected chi connectivity index (χ2v) is 5.33. The molecule has 1 N–H and O–H groups in total. The zero-order valence-corrected chi connectivity index (χ0v) is 13.0. The van der Waals surface area contributed by atoms with Crippen LogP contribution in [0.15, 0.2) is 21.1 Å². The highest BCUT2D eigenvalue weighted by Crippen LogP contribution is 2.35. The minimum absolute atomic E-state index is 0.502. The van der Waals surface area contributed by atoms with E-state index < -0.39 is 0 Å². The van der Waals surface area contributed by atoms with Crippen LogP contribution in [0, 0.1) is 0 Å². The summed E-state index contributed by atoms with van der Waals surface area (Å²) in [5, 5.41) is 3.50. The van der Waals surface area contributed by atoms with Crippen molar-refractivity contribution in [2.24, 2.45) is 0 Å². The number of hydrogen-bond donors (Lipinski definition) is 1. The fourth-order valence-electron chi connectivity index (χ4n) is 1.51. The molecule has 0 fully saturated rings. The molecule has 0 atom stereocenters. The van der Waals surface area contributed by atoms with Crippen molar-refractivity contribution >= 4 is 37.5 Å². The van der Waals surface area contributed by atoms with E-state index in [9.17, 15) is 0 Å². The fraction of sp³-hybridized carbons (Fsp3) is 0.500. The van der Waals surface area contributed by atoms with Crippen LogP contribution in [0.3, 0.4) is 0 Å². The van der Waals surface area contributed by atoms with Crippen LogP contribution in [0.2, 0.25) is 0 Å². The summed E-state index contributed by atoms with van der Waals surface area (Å²) >= 11 is 7.01. The lowest BCUT2D eigenvalue weighted by Gasteiger charge is -2.18. The van der Waals surface area contributed by atoms with Gasteiger partial charge in [-0.3, -0.25) is 0 Å². The number of rotatable bonds is 5. The molecule has 0 unspecified atom stereocenters. The van der Waals surface area contributed by atoms with E-state index >= 15 is 0 Å². The summed E-state index contributed by atoms with van der Waals surface area (Å²) < 4.78 is 7.29. The third kappa shape index (κ3) is 3.39. The van der Waals surface area contributed by atoms with Crippen LogP contribution < -0.4 is 10.1 Å². The third-order valence-corrected chi connectivity index (χ3v) is 3.86. The summed E-state index contributed by atoms with van der Waals surface area (Å²) in [5.41, 5.74) is 1.08. The fourth-order valence-corrected chi connectivity index (χ4v) is 2.78. The normalized spacial score (nSPS) is 10.6. The van der Waals surface area contributed by atoms with Gasteiger partial charge in [-0.15, -0.1) is 0 Å². The molecule has 0 spiro atoms. The first kappa shape index (κ1) is 13.8. The molecule has 0 heterocycles. The Bertz CT molecular complexity index is 351. The lowest BCUT2D eigenvalue weighted by Crippen LogP contribution is -2.17. The molecule has 2 nitrogen and oxygen atoms in total. The minimum atomic E-state index is 0.502. The van der Waals surface area contributed by atoms with E-state index in [4.69, 9.17) is 4.74 Å². The van der Waals surface area contributed by atoms with Gasteiger partial charge in [0.15, 0.2) is 0 Å². The summed E-state index contributed by atoms with van der Waals surface area (Å²) in [6.45, 7) is 4.37. The molecule has 0 bridgehead atoms. The molecule has 0 aliphatic heterocycles. The highest BCUT2D eigenvalue weighted by atomic mass is 79.9. The predicted octanol–water partition coefficient (Wildman–Crippen LogP) is 4.82. The Kier molecular flexibility index (Phi) is 5.62. The maximum absolute atomic E-state index is 5.28. The number of anilines is 1. The summed E-state index contributed by atoms with van der Waals surface area (Å²) in [6.07, 6.45) is 2.22. The van der Waals surface area contributed by atoms with Crippen LogP contribution in [0.1, 0.15) is 26.7 Å². The number of halogens is 2. The van der Waals surface area contributed by atoms with Crippen molar-refractivity contribution in [3.8, 4) is 5.75 Å². The number of methoxy groups -OCH3 is 1. The summed E-state index contributed by atoms with van der Waals surface area (Å²) in [4.78, 5) is 0. The minimum Gasteiger partial charge on any atom is -0.495 e. The molecular weight excluding hydrogens is 334 g/mol. The van der Waals surface area contributed by atoms with Gasteiger partial charge in [0.05, 0.1) is 17.3 Å². The molecule has 0 saturated heterocycles. The Morgan fingerprint density at radius 3 is 2.31 bits per heavy atom. The van der Waals surface area contributed by atoms with E-state index in [1.807, 2.05) is 12.1 Å². The first-order valence-electron chi connectivity index (χ1n) is 5.41. The monoisotopic (exact) mass is 349 g/mol. The van der Waals surface area contributed by atoms with Gasteiger partial charge in [-0.2, -0.15) is 0 Å². The maximum Gasteiger partial charge on any atom is 0.135 e. The van der Waals surface area contributed by atoms with E-state index in [1.165, 1.54) is 0 Å². The Labute approximate surface area is 114 Å². The lowest BCUT2D eigenvalue weighted by molar-refractivity contribution is 0.412. The molecular formula is C12H17Br2NO. The summed E-state index contributed by atoms with van der Waals surface area (Å²) in [5.74, 6) is 0.844. The SMILES string of the molecule is CCC(CC)Nc1cc(OC)c(Br)cc1Br. The number of ether oxygens (including phenoxy) is 1. The molecule has 1 aromatic rings. The average Bonchev–Trinajstić information content (AvgIpc) is 2.28. The highest BCUT2D eigenvalue weighted by Gasteiger charge is 2.10. The zero-order chi connectivity index (χ0) is 12.1. The van der Waals surface area contributed by atoms with Gasteiger partial charge in [-0.05, 0) is 50.8 Å². The first-order valence-corrected chi connectivity index (χ1v) is 7.00. The quantitative estimate of drug-likeness (QED) is 0.821. The van der Waals surface area contributed by atoms with Crippen molar-refractivity contribution in [3.63, 3.8) is 0 Å². The smallest absolute Gasteiger partial charge is 0.135 e. The molecule has 90 valence electrons. The highest BCUT2D eigenvalue weighted by molar-refractivity contribution is 9.11. The van der Waals surface area contributed by atoms with E-state index in [1.54, 1.807) is 7.11 Å². The van der Waals surface area contributed by atoms with Crippen molar-refractivity contribution in [1.82, 2.24) is 0 Å². The average molecular weight is 351 g/mol. The Balaban J connectivity index is 2.95. The standard InChI is InChI=1S/C12H17Br2NO/c1-4-8(5-2)15-11-7-12(16-3)10(14)6-9(11)13/h6-8,15H,4-5H2,1-3H3. The number of hydrogen-bond acceptors (Lipinski definition) is 2. The van der Waals surface area contributed by atoms with Crippen LogP contribution in [-0.4, -0.2) is 13.2 Å². The van der Waals surface area contributed by atoms with E-state index in [0.717, 1.165) is 33.2 Å². The van der Waals surface area contributed by atoms with Crippen LogP contribution in [0.25, 0.3) is 0 Å². The molecule has 0 aliphatic carbocycles. The Morgan fingerprint density at radius 2 is 1.81 bits per heavy atom. The van der Waals surface area contributed by atoms with Crippen molar-refractivity contribution < 1.29 is 4.74 Å². The van der Waals surface area contributed by atoms with E-state index in [0.29, 0.717) is 6.04 Å². The summed E-state index contributed by atoms with van der Waals surface area (Å²) in [6, 6.07) is 4.51. The van der Waals surface area contributed by atoms with Gasteiger partial charge in [0.2, 0.25) is 0 Å². The molecule has 0 aliphatic rings. The van der Waals surface area contributed by atoms with Crippen molar-refractivity contribution in [3.05, 3.63) is 21.1 Å². The molecule has 4 heteroatoms. The van der Waals surface area contributed by atoms with Crippen molar-refractivity contribution in [1.29, 1.82) is 0 Å². The number of benzene rings is 1. The maximum atomic E-state index is 5.28. The molecule has 1 rings (SSSR count). The van der Waals surface area contributed by atoms with Gasteiger partial charge in [0, 0.05) is 16.6 Å². The van der Waals surface area contributed by atoms with Crippen molar-refractivity contribution in [2.75, 3.05) is 12.4 Å². The van der Waals surface area contributed by atoms with Crippen LogP contribution in [0.4, 0.5) is 5.69 Å². The first-order chi connectivity index (χ1) is 7.62. The molecule has 0 amide bonds. The largest absolute Gasteiger partial charge is 0.495 e. The van der Waals surface area contributed by atoms with Gasteiger partial charge in [-0.25, -0.2) is 0 Å². The molecule has 0 aromatic heterocycles. The topological polar surface area (TPSA) is 21.3 Å². The predicted molar refractivity (Wildman–Crippen MR) is 76.4 cm³/mol. The molecule has 1 aromatic carbocycles. The van der Waals surface area contributed by atoms with Gasteiger partial charge in [-0.1, -0.05) is 13.8 Å². The Hall–Kier alpha value is -0.220. The third-order valence-electron chi connectivity index (χ3n) is 2.59. The van der Waals surface area contributed by atoms with Crippen LogP contribution in [-0.2, 0) is 0 Å². The Morgan fingerprint density at radius 1 is 1.19 bits per heavy atom. The summed E-state index contributed by atoms with van der Waals surface area (Å²) in [7, 11) is 1.68. The van der Waals surface area contributed by atoms with Crippen LogP contribution in [0.5, 0.6) is 5.75 Å². The molecule has 0 radical (unpaired) electrons. The van der Waals surface area contributed by atoms with Gasteiger partial charge < -0.3 is 10.1 Å². The molecule has 16 heavy (non-hydrogen) atoms. The van der Waals surface area contributed by atoms with Crippen LogP contribution >= 0.6 is 31.9 Å². The second kappa shape index (κ2) is 6.50. The lowest BCUT2D eigenvalue weighted by atomic mass is 10.1. The van der Waals surface area contributed by atoms with Crippen molar-refractivity contribution in [2.45, 2.75) is 32.7 Å². The second-order valence-electron chi connectivity index (χ2n) is 3.62.